The SMILES string of the molecule is COc1cc(NS(=O)(=O)c2ccc(NS(=O)(=O)c3ccc([N+](=O)[O-])cc3)cc2)nc(OC)n1. The van der Waals surface area contributed by atoms with Gasteiger partial charge in [0.1, 0.15) is 0 Å². The Kier molecular flexibility index (Phi) is 6.64. The van der Waals surface area contributed by atoms with E-state index in [0.717, 1.165) is 24.3 Å². The molecule has 0 aliphatic heterocycles. The predicted molar refractivity (Wildman–Crippen MR) is 116 cm³/mol. The van der Waals surface area contributed by atoms with Gasteiger partial charge in [-0.1, -0.05) is 0 Å². The van der Waals surface area contributed by atoms with E-state index in [4.69, 9.17) is 9.47 Å². The summed E-state index contributed by atoms with van der Waals surface area (Å²) in [5.74, 6) is -0.0165. The highest BCUT2D eigenvalue weighted by molar-refractivity contribution is 7.93. The number of benzene rings is 2. The number of nitro groups is 1. The van der Waals surface area contributed by atoms with Crippen molar-refractivity contribution in [2.24, 2.45) is 0 Å². The lowest BCUT2D eigenvalue weighted by atomic mass is 10.3. The molecule has 0 bridgehead atoms. The Balaban J connectivity index is 1.78. The Hall–Kier alpha value is -3.98. The van der Waals surface area contributed by atoms with Gasteiger partial charge in [-0.3, -0.25) is 19.6 Å². The second-order valence-corrected chi connectivity index (χ2v) is 9.63. The molecule has 0 unspecified atom stereocenters. The van der Waals surface area contributed by atoms with Crippen molar-refractivity contribution in [3.05, 3.63) is 64.7 Å². The minimum atomic E-state index is -4.08. The third-order valence-corrected chi connectivity index (χ3v) is 6.86. The Morgan fingerprint density at radius 1 is 0.818 bits per heavy atom. The molecule has 0 saturated heterocycles. The van der Waals surface area contributed by atoms with Gasteiger partial charge in [0.2, 0.25) is 5.88 Å². The van der Waals surface area contributed by atoms with Crippen molar-refractivity contribution < 1.29 is 31.2 Å². The summed E-state index contributed by atoms with van der Waals surface area (Å²) in [6, 6.07) is 10.3. The van der Waals surface area contributed by atoms with Crippen LogP contribution in [0.25, 0.3) is 0 Å². The molecule has 15 heteroatoms. The third kappa shape index (κ3) is 5.64. The number of nitro benzene ring substituents is 1. The van der Waals surface area contributed by atoms with E-state index in [1.165, 1.54) is 44.6 Å². The minimum absolute atomic E-state index is 0.0792. The predicted octanol–water partition coefficient (Wildman–Crippen LogP) is 2.00. The van der Waals surface area contributed by atoms with Gasteiger partial charge >= 0.3 is 6.01 Å². The van der Waals surface area contributed by atoms with E-state index < -0.39 is 25.0 Å². The van der Waals surface area contributed by atoms with Crippen LogP contribution in [0.1, 0.15) is 0 Å². The molecule has 1 aromatic heterocycles. The van der Waals surface area contributed by atoms with Gasteiger partial charge in [0.15, 0.2) is 5.82 Å². The summed E-state index contributed by atoms with van der Waals surface area (Å²) in [6.07, 6.45) is 0. The molecular formula is C18H17N5O8S2. The summed E-state index contributed by atoms with van der Waals surface area (Å²) in [5.41, 5.74) is -0.174. The topological polar surface area (TPSA) is 180 Å². The number of sulfonamides is 2. The Morgan fingerprint density at radius 3 is 1.88 bits per heavy atom. The number of rotatable bonds is 9. The van der Waals surface area contributed by atoms with E-state index >= 15 is 0 Å². The van der Waals surface area contributed by atoms with Crippen LogP contribution in [-0.2, 0) is 20.0 Å². The number of non-ortho nitro benzene ring substituents is 1. The van der Waals surface area contributed by atoms with Crippen LogP contribution in [0.3, 0.4) is 0 Å². The lowest BCUT2D eigenvalue weighted by molar-refractivity contribution is -0.384. The first kappa shape index (κ1) is 23.7. The summed E-state index contributed by atoms with van der Waals surface area (Å²) in [4.78, 5) is 17.5. The first-order chi connectivity index (χ1) is 15.5. The van der Waals surface area contributed by atoms with Crippen LogP contribution in [0.2, 0.25) is 0 Å². The standard InChI is InChI=1S/C18H17N5O8S2/c1-30-17-11-16(19-18(20-17)31-2)22-33(28,29)14-7-3-12(4-8-14)21-32(26,27)15-9-5-13(6-10-15)23(24)25/h3-11,21H,1-2H3,(H,19,20,22). The first-order valence-corrected chi connectivity index (χ1v) is 11.9. The highest BCUT2D eigenvalue weighted by Crippen LogP contribution is 2.23. The van der Waals surface area contributed by atoms with Crippen LogP contribution in [-0.4, -0.2) is 45.9 Å². The normalized spacial score (nSPS) is 11.5. The summed E-state index contributed by atoms with van der Waals surface area (Å²) < 4.78 is 64.7. The number of anilines is 2. The zero-order valence-corrected chi connectivity index (χ0v) is 18.8. The van der Waals surface area contributed by atoms with Crippen LogP contribution >= 0.6 is 0 Å². The van der Waals surface area contributed by atoms with Crippen molar-refractivity contribution in [3.8, 4) is 11.9 Å². The van der Waals surface area contributed by atoms with Crippen LogP contribution < -0.4 is 18.9 Å². The highest BCUT2D eigenvalue weighted by atomic mass is 32.2. The number of methoxy groups -OCH3 is 2. The van der Waals surface area contributed by atoms with Gasteiger partial charge in [0.25, 0.3) is 25.7 Å². The molecule has 0 aliphatic rings. The molecule has 1 heterocycles. The summed E-state index contributed by atoms with van der Waals surface area (Å²) in [5, 5.41) is 10.7. The average molecular weight is 495 g/mol. The van der Waals surface area contributed by atoms with E-state index in [2.05, 4.69) is 19.4 Å². The van der Waals surface area contributed by atoms with Crippen LogP contribution in [0.15, 0.2) is 64.4 Å². The second-order valence-electron chi connectivity index (χ2n) is 6.27. The summed E-state index contributed by atoms with van der Waals surface area (Å²) >= 11 is 0. The maximum atomic E-state index is 12.7. The Labute approximate surface area is 188 Å². The molecule has 33 heavy (non-hydrogen) atoms. The smallest absolute Gasteiger partial charge is 0.321 e. The van der Waals surface area contributed by atoms with Crippen LogP contribution in [0, 0.1) is 10.1 Å². The molecule has 0 radical (unpaired) electrons. The number of ether oxygens (including phenoxy) is 2. The van der Waals surface area contributed by atoms with E-state index in [9.17, 15) is 26.9 Å². The molecule has 0 fully saturated rings. The van der Waals surface area contributed by atoms with Gasteiger partial charge in [-0.25, -0.2) is 16.8 Å². The molecule has 0 amide bonds. The Morgan fingerprint density at radius 2 is 1.36 bits per heavy atom. The van der Waals surface area contributed by atoms with Crippen molar-refractivity contribution in [2.45, 2.75) is 9.79 Å². The highest BCUT2D eigenvalue weighted by Gasteiger charge is 2.19. The maximum Gasteiger partial charge on any atom is 0.321 e. The van der Waals surface area contributed by atoms with E-state index in [-0.39, 0.29) is 38.9 Å². The molecule has 2 aromatic carbocycles. The van der Waals surface area contributed by atoms with Crippen molar-refractivity contribution in [3.63, 3.8) is 0 Å². The van der Waals surface area contributed by atoms with Crippen molar-refractivity contribution in [1.29, 1.82) is 0 Å². The van der Waals surface area contributed by atoms with Crippen LogP contribution in [0.4, 0.5) is 17.2 Å². The number of nitrogens with one attached hydrogen (secondary N) is 2. The fraction of sp³-hybridized carbons (Fsp3) is 0.111. The summed E-state index contributed by atoms with van der Waals surface area (Å²) in [6.45, 7) is 0. The number of hydrogen-bond acceptors (Lipinski definition) is 10. The van der Waals surface area contributed by atoms with Crippen molar-refractivity contribution >= 4 is 37.2 Å². The van der Waals surface area contributed by atoms with E-state index in [1.807, 2.05) is 0 Å². The summed E-state index contributed by atoms with van der Waals surface area (Å²) in [7, 11) is -5.48. The monoisotopic (exact) mass is 495 g/mol. The quantitative estimate of drug-likeness (QED) is 0.329. The number of nitrogens with zero attached hydrogens (tertiary/aromatic N) is 3. The van der Waals surface area contributed by atoms with E-state index in [0.29, 0.717) is 0 Å². The fourth-order valence-corrected chi connectivity index (χ4v) is 4.56. The van der Waals surface area contributed by atoms with Crippen molar-refractivity contribution in [1.82, 2.24) is 9.97 Å². The van der Waals surface area contributed by atoms with E-state index in [1.54, 1.807) is 0 Å². The molecule has 0 atom stereocenters. The molecule has 0 aliphatic carbocycles. The largest absolute Gasteiger partial charge is 0.481 e. The number of hydrogen-bond donors (Lipinski definition) is 2. The molecule has 0 saturated carbocycles. The zero-order chi connectivity index (χ0) is 24.2. The van der Waals surface area contributed by atoms with Gasteiger partial charge in [0.05, 0.1) is 28.9 Å². The maximum absolute atomic E-state index is 12.7. The van der Waals surface area contributed by atoms with Gasteiger partial charge in [0, 0.05) is 23.9 Å². The number of aromatic nitrogens is 2. The zero-order valence-electron chi connectivity index (χ0n) is 17.1. The molecule has 0 spiro atoms. The van der Waals surface area contributed by atoms with Gasteiger partial charge < -0.3 is 9.47 Å². The second kappa shape index (κ2) is 9.25. The molecule has 3 aromatic rings. The third-order valence-electron chi connectivity index (χ3n) is 4.09. The first-order valence-electron chi connectivity index (χ1n) is 8.91. The lowest BCUT2D eigenvalue weighted by Gasteiger charge is -2.11. The van der Waals surface area contributed by atoms with Gasteiger partial charge in [-0.2, -0.15) is 9.97 Å². The Bertz CT molecular complexity index is 1350. The molecular weight excluding hydrogens is 478 g/mol. The minimum Gasteiger partial charge on any atom is -0.481 e. The van der Waals surface area contributed by atoms with Gasteiger partial charge in [-0.15, -0.1) is 0 Å². The molecule has 2 N–H and O–H groups in total. The van der Waals surface area contributed by atoms with Crippen LogP contribution in [0.5, 0.6) is 11.9 Å². The molecule has 13 nitrogen and oxygen atoms in total. The van der Waals surface area contributed by atoms with Gasteiger partial charge in [-0.05, 0) is 36.4 Å². The van der Waals surface area contributed by atoms with Crippen molar-refractivity contribution in [2.75, 3.05) is 23.7 Å². The average Bonchev–Trinajstić information content (AvgIpc) is 2.78. The lowest BCUT2D eigenvalue weighted by Crippen LogP contribution is -2.15. The molecule has 174 valence electrons. The molecule has 3 rings (SSSR count). The fourth-order valence-electron chi connectivity index (χ4n) is 2.51.